The normalized spacial score (nSPS) is 10.7. The Kier molecular flexibility index (Phi) is 2.55. The molecule has 0 fully saturated rings. The highest BCUT2D eigenvalue weighted by Gasteiger charge is 2.09. The third-order valence-electron chi connectivity index (χ3n) is 1.63. The summed E-state index contributed by atoms with van der Waals surface area (Å²) in [5.41, 5.74) is -0.973. The third-order valence-corrected chi connectivity index (χ3v) is 1.63. The second-order valence-electron chi connectivity index (χ2n) is 3.33. The van der Waals surface area contributed by atoms with Crippen LogP contribution in [0.1, 0.15) is 19.4 Å². The van der Waals surface area contributed by atoms with E-state index in [1.807, 2.05) is 13.8 Å². The molecule has 0 aliphatic heterocycles. The largest absolute Gasteiger partial charge is 0.494 e. The van der Waals surface area contributed by atoms with E-state index in [2.05, 4.69) is 9.97 Å². The summed E-state index contributed by atoms with van der Waals surface area (Å²) < 4.78 is 0. The maximum Gasteiger partial charge on any atom is 0.328 e. The minimum Gasteiger partial charge on any atom is -0.494 e. The van der Waals surface area contributed by atoms with E-state index >= 15 is 0 Å². The molecule has 13 heavy (non-hydrogen) atoms. The molecule has 1 heterocycles. The molecule has 0 aliphatic carbocycles. The fraction of sp³-hybridized carbons (Fsp3) is 0.500. The first-order valence-corrected chi connectivity index (χ1v) is 4.05. The molecule has 0 aromatic carbocycles. The van der Waals surface area contributed by atoms with Crippen LogP contribution in [-0.2, 0) is 6.42 Å². The van der Waals surface area contributed by atoms with Gasteiger partial charge in [0.2, 0.25) is 5.88 Å². The number of aromatic amines is 2. The Bertz CT molecular complexity index is 403. The highest BCUT2D eigenvalue weighted by Crippen LogP contribution is 2.10. The summed E-state index contributed by atoms with van der Waals surface area (Å²) in [5, 5.41) is 9.25. The summed E-state index contributed by atoms with van der Waals surface area (Å²) in [5.74, 6) is -0.0830. The molecule has 3 N–H and O–H groups in total. The van der Waals surface area contributed by atoms with Gasteiger partial charge in [0, 0.05) is 0 Å². The van der Waals surface area contributed by atoms with Crippen molar-refractivity contribution in [3.63, 3.8) is 0 Å². The third kappa shape index (κ3) is 2.21. The average Bonchev–Trinajstić information content (AvgIpc) is 1.96. The predicted molar refractivity (Wildman–Crippen MR) is 47.9 cm³/mol. The number of H-pyrrole nitrogens is 2. The lowest BCUT2D eigenvalue weighted by Crippen LogP contribution is -2.25. The zero-order chi connectivity index (χ0) is 10.0. The minimum absolute atomic E-state index is 0.231. The molecule has 5 nitrogen and oxygen atoms in total. The van der Waals surface area contributed by atoms with Gasteiger partial charge >= 0.3 is 5.69 Å². The topological polar surface area (TPSA) is 85.9 Å². The standard InChI is InChI=1S/C8H12N2O3/c1-4(2)3-5-6(11)9-8(13)10-7(5)12/h4H,3H2,1-2H3,(H3,9,10,11,12,13). The van der Waals surface area contributed by atoms with Crippen LogP contribution in [0, 0.1) is 5.92 Å². The highest BCUT2D eigenvalue weighted by atomic mass is 16.3. The van der Waals surface area contributed by atoms with Crippen molar-refractivity contribution in [1.29, 1.82) is 0 Å². The summed E-state index contributed by atoms with van der Waals surface area (Å²) in [6, 6.07) is 0. The Hall–Kier alpha value is -1.52. The Morgan fingerprint density at radius 1 is 1.31 bits per heavy atom. The molecule has 0 unspecified atom stereocenters. The van der Waals surface area contributed by atoms with E-state index in [0.717, 1.165) is 0 Å². The fourth-order valence-electron chi connectivity index (χ4n) is 1.10. The van der Waals surface area contributed by atoms with Crippen LogP contribution in [0.25, 0.3) is 0 Å². The van der Waals surface area contributed by atoms with Crippen LogP contribution >= 0.6 is 0 Å². The fourth-order valence-corrected chi connectivity index (χ4v) is 1.10. The van der Waals surface area contributed by atoms with Gasteiger partial charge in [0.15, 0.2) is 0 Å². The molecular formula is C8H12N2O3. The van der Waals surface area contributed by atoms with E-state index < -0.39 is 11.2 Å². The van der Waals surface area contributed by atoms with Crippen LogP contribution in [0.4, 0.5) is 0 Å². The lowest BCUT2D eigenvalue weighted by Gasteiger charge is -2.04. The Morgan fingerprint density at radius 2 is 1.92 bits per heavy atom. The molecule has 0 amide bonds. The van der Waals surface area contributed by atoms with Crippen LogP contribution in [0.5, 0.6) is 5.88 Å². The Morgan fingerprint density at radius 3 is 2.38 bits per heavy atom. The molecule has 0 saturated heterocycles. The first-order chi connectivity index (χ1) is 6.00. The molecule has 72 valence electrons. The number of hydrogen-bond acceptors (Lipinski definition) is 3. The molecule has 1 aromatic rings. The molecule has 0 aliphatic rings. The molecule has 0 saturated carbocycles. The first kappa shape index (κ1) is 9.57. The van der Waals surface area contributed by atoms with Crippen LogP contribution in [0.15, 0.2) is 9.59 Å². The van der Waals surface area contributed by atoms with Gasteiger partial charge in [-0.05, 0) is 12.3 Å². The van der Waals surface area contributed by atoms with E-state index in [9.17, 15) is 14.7 Å². The molecule has 1 aromatic heterocycles. The van der Waals surface area contributed by atoms with Crippen molar-refractivity contribution in [2.24, 2.45) is 5.92 Å². The van der Waals surface area contributed by atoms with Crippen LogP contribution in [0.2, 0.25) is 0 Å². The van der Waals surface area contributed by atoms with Gasteiger partial charge in [-0.1, -0.05) is 13.8 Å². The van der Waals surface area contributed by atoms with Gasteiger partial charge in [-0.25, -0.2) is 4.79 Å². The van der Waals surface area contributed by atoms with E-state index in [0.29, 0.717) is 6.42 Å². The van der Waals surface area contributed by atoms with E-state index in [1.54, 1.807) is 0 Å². The van der Waals surface area contributed by atoms with Gasteiger partial charge < -0.3 is 5.11 Å². The van der Waals surface area contributed by atoms with E-state index in [4.69, 9.17) is 0 Å². The van der Waals surface area contributed by atoms with Crippen molar-refractivity contribution >= 4 is 0 Å². The zero-order valence-electron chi connectivity index (χ0n) is 7.55. The highest BCUT2D eigenvalue weighted by molar-refractivity contribution is 5.20. The number of aromatic hydroxyl groups is 1. The summed E-state index contributed by atoms with van der Waals surface area (Å²) >= 11 is 0. The van der Waals surface area contributed by atoms with Gasteiger partial charge in [-0.2, -0.15) is 0 Å². The van der Waals surface area contributed by atoms with Gasteiger partial charge in [0.25, 0.3) is 5.56 Å². The SMILES string of the molecule is CC(C)Cc1c(O)[nH]c(=O)[nH]c1=O. The van der Waals surface area contributed by atoms with Crippen molar-refractivity contribution in [3.05, 3.63) is 26.4 Å². The Balaban J connectivity index is 3.22. The van der Waals surface area contributed by atoms with Crippen LogP contribution in [-0.4, -0.2) is 15.1 Å². The number of aromatic nitrogens is 2. The first-order valence-electron chi connectivity index (χ1n) is 4.05. The quantitative estimate of drug-likeness (QED) is 0.603. The van der Waals surface area contributed by atoms with Gasteiger partial charge in [-0.15, -0.1) is 0 Å². The van der Waals surface area contributed by atoms with Gasteiger partial charge in [0.1, 0.15) is 0 Å². The number of nitrogens with one attached hydrogen (secondary N) is 2. The summed E-state index contributed by atoms with van der Waals surface area (Å²) in [6.07, 6.45) is 0.442. The van der Waals surface area contributed by atoms with E-state index in [1.165, 1.54) is 0 Å². The van der Waals surface area contributed by atoms with Gasteiger partial charge in [-0.3, -0.25) is 14.8 Å². The smallest absolute Gasteiger partial charge is 0.328 e. The molecule has 0 atom stereocenters. The van der Waals surface area contributed by atoms with Gasteiger partial charge in [0.05, 0.1) is 5.56 Å². The molecule has 0 bridgehead atoms. The lowest BCUT2D eigenvalue weighted by atomic mass is 10.1. The van der Waals surface area contributed by atoms with Crippen molar-refractivity contribution in [2.45, 2.75) is 20.3 Å². The second kappa shape index (κ2) is 3.47. The zero-order valence-corrected chi connectivity index (χ0v) is 7.55. The monoisotopic (exact) mass is 184 g/mol. The minimum atomic E-state index is -0.685. The molecule has 5 heteroatoms. The maximum absolute atomic E-state index is 11.2. The molecule has 0 spiro atoms. The Labute approximate surface area is 74.4 Å². The number of rotatable bonds is 2. The maximum atomic E-state index is 11.2. The van der Waals surface area contributed by atoms with Crippen molar-refractivity contribution in [1.82, 2.24) is 9.97 Å². The lowest BCUT2D eigenvalue weighted by molar-refractivity contribution is 0.434. The molecule has 1 rings (SSSR count). The van der Waals surface area contributed by atoms with Crippen molar-refractivity contribution in [3.8, 4) is 5.88 Å². The van der Waals surface area contributed by atoms with Crippen molar-refractivity contribution < 1.29 is 5.11 Å². The second-order valence-corrected chi connectivity index (χ2v) is 3.33. The van der Waals surface area contributed by atoms with Crippen molar-refractivity contribution in [2.75, 3.05) is 0 Å². The predicted octanol–water partition coefficient (Wildman–Crippen LogP) is -0.0327. The average molecular weight is 184 g/mol. The summed E-state index contributed by atoms with van der Waals surface area (Å²) in [7, 11) is 0. The van der Waals surface area contributed by atoms with Crippen LogP contribution < -0.4 is 11.2 Å². The van der Waals surface area contributed by atoms with E-state index in [-0.39, 0.29) is 17.4 Å². The summed E-state index contributed by atoms with van der Waals surface area (Å²) in [4.78, 5) is 26.0. The molecular weight excluding hydrogens is 172 g/mol. The van der Waals surface area contributed by atoms with Crippen LogP contribution in [0.3, 0.4) is 0 Å². The summed E-state index contributed by atoms with van der Waals surface area (Å²) in [6.45, 7) is 3.84. The number of hydrogen-bond donors (Lipinski definition) is 3. The molecule has 0 radical (unpaired) electrons.